The van der Waals surface area contributed by atoms with Crippen molar-refractivity contribution >= 4 is 5.91 Å². The second-order valence-corrected chi connectivity index (χ2v) is 5.69. The van der Waals surface area contributed by atoms with Gasteiger partial charge in [-0.1, -0.05) is 13.8 Å². The van der Waals surface area contributed by atoms with Crippen molar-refractivity contribution in [1.29, 1.82) is 0 Å². The van der Waals surface area contributed by atoms with Crippen molar-refractivity contribution in [3.05, 3.63) is 0 Å². The molecule has 2 rings (SSSR count). The van der Waals surface area contributed by atoms with E-state index in [1.165, 1.54) is 0 Å². The largest absolute Gasteiger partial charge is 0.378 e. The van der Waals surface area contributed by atoms with Crippen molar-refractivity contribution in [3.8, 4) is 0 Å². The molecule has 2 fully saturated rings. The van der Waals surface area contributed by atoms with Crippen LogP contribution in [-0.2, 0) is 9.53 Å². The summed E-state index contributed by atoms with van der Waals surface area (Å²) in [5.74, 6) is 1.18. The Kier molecular flexibility index (Phi) is 3.73. The van der Waals surface area contributed by atoms with Gasteiger partial charge in [-0.2, -0.15) is 0 Å². The van der Waals surface area contributed by atoms with Gasteiger partial charge in [0, 0.05) is 19.1 Å². The predicted molar refractivity (Wildman–Crippen MR) is 66.5 cm³/mol. The average Bonchev–Trinajstić information content (AvgIpc) is 2.78. The summed E-state index contributed by atoms with van der Waals surface area (Å²) in [6, 6.07) is -0.0416. The zero-order valence-corrected chi connectivity index (χ0v) is 11.3. The minimum atomic E-state index is -0.0416. The Morgan fingerprint density at radius 1 is 1.47 bits per heavy atom. The minimum Gasteiger partial charge on any atom is -0.378 e. The molecule has 4 nitrogen and oxygen atoms in total. The highest BCUT2D eigenvalue weighted by atomic mass is 16.5. The molecule has 0 saturated carbocycles. The van der Waals surface area contributed by atoms with Crippen LogP contribution in [0.1, 0.15) is 34.1 Å². The van der Waals surface area contributed by atoms with E-state index in [4.69, 9.17) is 4.74 Å². The molecule has 2 aliphatic heterocycles. The molecule has 2 saturated heterocycles. The molecule has 0 aromatic carbocycles. The fraction of sp³-hybridized carbons (Fsp3) is 0.923. The van der Waals surface area contributed by atoms with E-state index in [0.717, 1.165) is 19.6 Å². The quantitative estimate of drug-likeness (QED) is 0.806. The highest BCUT2D eigenvalue weighted by Gasteiger charge is 2.40. The van der Waals surface area contributed by atoms with Crippen molar-refractivity contribution in [1.82, 2.24) is 10.2 Å². The van der Waals surface area contributed by atoms with Crippen LogP contribution in [0.3, 0.4) is 0 Å². The zero-order chi connectivity index (χ0) is 12.6. The van der Waals surface area contributed by atoms with E-state index >= 15 is 0 Å². The molecule has 0 aromatic heterocycles. The first-order valence-corrected chi connectivity index (χ1v) is 6.69. The zero-order valence-electron chi connectivity index (χ0n) is 11.3. The summed E-state index contributed by atoms with van der Waals surface area (Å²) < 4.78 is 5.58. The van der Waals surface area contributed by atoms with Gasteiger partial charge in [-0.15, -0.1) is 0 Å². The molecule has 0 aromatic rings. The van der Waals surface area contributed by atoms with Crippen molar-refractivity contribution in [2.45, 2.75) is 52.4 Å². The molecule has 0 radical (unpaired) electrons. The minimum absolute atomic E-state index is 0.0416. The number of hydrogen-bond donors (Lipinski definition) is 1. The van der Waals surface area contributed by atoms with Gasteiger partial charge in [0.25, 0.3) is 0 Å². The summed E-state index contributed by atoms with van der Waals surface area (Å²) in [6.07, 6.45) is 1.54. The van der Waals surface area contributed by atoms with Crippen LogP contribution in [0.2, 0.25) is 0 Å². The summed E-state index contributed by atoms with van der Waals surface area (Å²) in [7, 11) is 0. The normalized spacial score (nSPS) is 38.4. The predicted octanol–water partition coefficient (Wildman–Crippen LogP) is 1.21. The van der Waals surface area contributed by atoms with Crippen LogP contribution in [0.5, 0.6) is 0 Å². The first-order chi connectivity index (χ1) is 8.00. The standard InChI is InChI=1S/C13H24N2O2/c1-8(2)12-14-9(3)13(16)15(12)7-11-5-6-17-10(11)4/h8-12,14H,5-7H2,1-4H3. The summed E-state index contributed by atoms with van der Waals surface area (Å²) in [5, 5.41) is 3.38. The molecule has 1 amide bonds. The Bertz CT molecular complexity index is 293. The Labute approximate surface area is 104 Å². The average molecular weight is 240 g/mol. The first-order valence-electron chi connectivity index (χ1n) is 6.69. The van der Waals surface area contributed by atoms with Gasteiger partial charge in [-0.3, -0.25) is 10.1 Å². The SMILES string of the molecule is CC1NC(C(C)C)N(CC2CCOC2C)C1=O. The van der Waals surface area contributed by atoms with Gasteiger partial charge in [-0.25, -0.2) is 0 Å². The monoisotopic (exact) mass is 240 g/mol. The highest BCUT2D eigenvalue weighted by Crippen LogP contribution is 2.25. The molecular formula is C13H24N2O2. The van der Waals surface area contributed by atoms with Crippen LogP contribution in [0, 0.1) is 11.8 Å². The molecule has 2 aliphatic rings. The third kappa shape index (κ3) is 2.47. The van der Waals surface area contributed by atoms with Crippen molar-refractivity contribution in [2.24, 2.45) is 11.8 Å². The molecule has 98 valence electrons. The molecule has 4 atom stereocenters. The topological polar surface area (TPSA) is 41.6 Å². The number of ether oxygens (including phenoxy) is 1. The number of nitrogens with zero attached hydrogens (tertiary/aromatic N) is 1. The summed E-state index contributed by atoms with van der Waals surface area (Å²) >= 11 is 0. The van der Waals surface area contributed by atoms with E-state index in [0.29, 0.717) is 11.8 Å². The molecule has 4 heteroatoms. The smallest absolute Gasteiger partial charge is 0.240 e. The van der Waals surface area contributed by atoms with Crippen LogP contribution in [0.4, 0.5) is 0 Å². The Morgan fingerprint density at radius 2 is 2.18 bits per heavy atom. The van der Waals surface area contributed by atoms with Gasteiger partial charge in [0.05, 0.1) is 18.3 Å². The van der Waals surface area contributed by atoms with Crippen LogP contribution in [-0.4, -0.2) is 42.3 Å². The summed E-state index contributed by atoms with van der Waals surface area (Å²) in [4.78, 5) is 14.2. The molecule has 1 N–H and O–H groups in total. The number of carbonyl (C=O) groups is 1. The summed E-state index contributed by atoms with van der Waals surface area (Å²) in [6.45, 7) is 10.0. The lowest BCUT2D eigenvalue weighted by molar-refractivity contribution is -0.131. The van der Waals surface area contributed by atoms with Crippen LogP contribution >= 0.6 is 0 Å². The Balaban J connectivity index is 2.03. The van der Waals surface area contributed by atoms with E-state index in [1.807, 2.05) is 11.8 Å². The van der Waals surface area contributed by atoms with Gasteiger partial charge in [0.1, 0.15) is 0 Å². The maximum atomic E-state index is 12.1. The van der Waals surface area contributed by atoms with Crippen LogP contribution < -0.4 is 5.32 Å². The van der Waals surface area contributed by atoms with Crippen molar-refractivity contribution in [2.75, 3.05) is 13.2 Å². The first kappa shape index (κ1) is 12.8. The maximum absolute atomic E-state index is 12.1. The van der Waals surface area contributed by atoms with Gasteiger partial charge in [0.15, 0.2) is 0 Å². The third-order valence-corrected chi connectivity index (χ3v) is 4.01. The van der Waals surface area contributed by atoms with Crippen LogP contribution in [0.25, 0.3) is 0 Å². The molecule has 17 heavy (non-hydrogen) atoms. The third-order valence-electron chi connectivity index (χ3n) is 4.01. The highest BCUT2D eigenvalue weighted by molar-refractivity contribution is 5.83. The van der Waals surface area contributed by atoms with E-state index in [-0.39, 0.29) is 24.2 Å². The van der Waals surface area contributed by atoms with Gasteiger partial charge >= 0.3 is 0 Å². The van der Waals surface area contributed by atoms with Crippen molar-refractivity contribution < 1.29 is 9.53 Å². The molecule has 2 heterocycles. The number of amides is 1. The van der Waals surface area contributed by atoms with Gasteiger partial charge < -0.3 is 9.64 Å². The van der Waals surface area contributed by atoms with E-state index in [1.54, 1.807) is 0 Å². The molecule has 0 bridgehead atoms. The molecule has 4 unspecified atom stereocenters. The van der Waals surface area contributed by atoms with E-state index < -0.39 is 0 Å². The maximum Gasteiger partial charge on any atom is 0.240 e. The van der Waals surface area contributed by atoms with Crippen LogP contribution in [0.15, 0.2) is 0 Å². The van der Waals surface area contributed by atoms with Gasteiger partial charge in [0.2, 0.25) is 5.91 Å². The number of nitrogens with one attached hydrogen (secondary N) is 1. The lowest BCUT2D eigenvalue weighted by Gasteiger charge is -2.30. The van der Waals surface area contributed by atoms with E-state index in [9.17, 15) is 4.79 Å². The van der Waals surface area contributed by atoms with E-state index in [2.05, 4.69) is 26.1 Å². The lowest BCUT2D eigenvalue weighted by Crippen LogP contribution is -2.44. The second-order valence-electron chi connectivity index (χ2n) is 5.69. The number of rotatable bonds is 3. The second kappa shape index (κ2) is 4.94. The molecular weight excluding hydrogens is 216 g/mol. The number of carbonyl (C=O) groups excluding carboxylic acids is 1. The Hall–Kier alpha value is -0.610. The fourth-order valence-electron chi connectivity index (χ4n) is 2.83. The Morgan fingerprint density at radius 3 is 2.71 bits per heavy atom. The molecule has 0 aliphatic carbocycles. The molecule has 0 spiro atoms. The summed E-state index contributed by atoms with van der Waals surface area (Å²) in [5.41, 5.74) is 0. The van der Waals surface area contributed by atoms with Gasteiger partial charge in [-0.05, 0) is 26.2 Å². The van der Waals surface area contributed by atoms with Crippen molar-refractivity contribution in [3.63, 3.8) is 0 Å². The lowest BCUT2D eigenvalue weighted by atomic mass is 10.0. The number of hydrogen-bond acceptors (Lipinski definition) is 3. The fourth-order valence-corrected chi connectivity index (χ4v) is 2.83.